The van der Waals surface area contributed by atoms with Crippen molar-refractivity contribution in [2.24, 2.45) is 0 Å². The molecule has 0 bridgehead atoms. The fourth-order valence-corrected chi connectivity index (χ4v) is 2.86. The maximum Gasteiger partial charge on any atom is 0.0765 e. The van der Waals surface area contributed by atoms with Crippen LogP contribution in [0.5, 0.6) is 0 Å². The molecule has 3 heteroatoms. The first-order chi connectivity index (χ1) is 9.52. The van der Waals surface area contributed by atoms with E-state index in [1.165, 1.54) is 24.0 Å². The lowest BCUT2D eigenvalue weighted by Gasteiger charge is -2.39. The molecule has 0 amide bonds. The van der Waals surface area contributed by atoms with Crippen LogP contribution in [0.15, 0.2) is 24.3 Å². The zero-order chi connectivity index (χ0) is 14.6. The SMILES string of the molecule is COCCC(C)(O)CNC1CC(c2ccccc2C)C1. The third kappa shape index (κ3) is 4.05. The maximum absolute atomic E-state index is 10.2. The highest BCUT2D eigenvalue weighted by molar-refractivity contribution is 5.31. The smallest absolute Gasteiger partial charge is 0.0765 e. The van der Waals surface area contributed by atoms with Crippen molar-refractivity contribution >= 4 is 0 Å². The fraction of sp³-hybridized carbons (Fsp3) is 0.647. The van der Waals surface area contributed by atoms with Gasteiger partial charge in [0.05, 0.1) is 5.60 Å². The van der Waals surface area contributed by atoms with Gasteiger partial charge in [-0.05, 0) is 43.7 Å². The molecule has 0 aliphatic heterocycles. The van der Waals surface area contributed by atoms with Crippen LogP contribution in [0.1, 0.15) is 43.2 Å². The largest absolute Gasteiger partial charge is 0.389 e. The molecule has 0 radical (unpaired) electrons. The second kappa shape index (κ2) is 6.70. The number of hydrogen-bond donors (Lipinski definition) is 2. The molecular weight excluding hydrogens is 250 g/mol. The van der Waals surface area contributed by atoms with Crippen molar-refractivity contribution in [1.82, 2.24) is 5.32 Å². The summed E-state index contributed by atoms with van der Waals surface area (Å²) in [6.07, 6.45) is 3.01. The van der Waals surface area contributed by atoms with E-state index in [-0.39, 0.29) is 0 Å². The van der Waals surface area contributed by atoms with Crippen molar-refractivity contribution in [2.45, 2.75) is 50.7 Å². The highest BCUT2D eigenvalue weighted by Gasteiger charge is 2.32. The number of benzene rings is 1. The third-order valence-corrected chi connectivity index (χ3v) is 4.38. The van der Waals surface area contributed by atoms with E-state index in [1.807, 2.05) is 6.92 Å². The Morgan fingerprint density at radius 3 is 2.70 bits per heavy atom. The molecule has 1 unspecified atom stereocenters. The van der Waals surface area contributed by atoms with E-state index in [2.05, 4.69) is 36.5 Å². The Morgan fingerprint density at radius 1 is 1.35 bits per heavy atom. The lowest BCUT2D eigenvalue weighted by atomic mass is 9.74. The molecule has 20 heavy (non-hydrogen) atoms. The molecule has 1 aromatic rings. The Labute approximate surface area is 122 Å². The zero-order valence-electron chi connectivity index (χ0n) is 12.9. The van der Waals surface area contributed by atoms with Gasteiger partial charge >= 0.3 is 0 Å². The standard InChI is InChI=1S/C17H27NO2/c1-13-6-4-5-7-16(13)14-10-15(11-14)18-12-17(2,19)8-9-20-3/h4-7,14-15,18-19H,8-12H2,1-3H3. The Bertz CT molecular complexity index is 425. The molecule has 0 aromatic heterocycles. The van der Waals surface area contributed by atoms with Gasteiger partial charge in [0.25, 0.3) is 0 Å². The average Bonchev–Trinajstić information content (AvgIpc) is 2.36. The molecule has 112 valence electrons. The molecule has 2 rings (SSSR count). The van der Waals surface area contributed by atoms with E-state index in [4.69, 9.17) is 4.74 Å². The van der Waals surface area contributed by atoms with Crippen LogP contribution in [-0.2, 0) is 4.74 Å². The van der Waals surface area contributed by atoms with Gasteiger partial charge < -0.3 is 15.2 Å². The summed E-state index contributed by atoms with van der Waals surface area (Å²) in [6.45, 7) is 5.30. The molecule has 1 fully saturated rings. The second-order valence-corrected chi connectivity index (χ2v) is 6.34. The molecule has 0 spiro atoms. The minimum absolute atomic E-state index is 0.536. The van der Waals surface area contributed by atoms with Crippen LogP contribution in [0, 0.1) is 6.92 Å². The van der Waals surface area contributed by atoms with Gasteiger partial charge in [0.15, 0.2) is 0 Å². The van der Waals surface area contributed by atoms with E-state index in [9.17, 15) is 5.11 Å². The molecule has 2 N–H and O–H groups in total. The van der Waals surface area contributed by atoms with Crippen LogP contribution in [0.4, 0.5) is 0 Å². The van der Waals surface area contributed by atoms with E-state index in [0.717, 1.165) is 0 Å². The normalized spacial score (nSPS) is 25.0. The van der Waals surface area contributed by atoms with Gasteiger partial charge in [0.1, 0.15) is 0 Å². The van der Waals surface area contributed by atoms with Crippen LogP contribution in [0.2, 0.25) is 0 Å². The molecule has 1 atom stereocenters. The van der Waals surface area contributed by atoms with Crippen molar-refractivity contribution in [2.75, 3.05) is 20.3 Å². The quantitative estimate of drug-likeness (QED) is 0.805. The summed E-state index contributed by atoms with van der Waals surface area (Å²) in [5, 5.41) is 13.7. The number of methoxy groups -OCH3 is 1. The molecule has 0 heterocycles. The van der Waals surface area contributed by atoms with E-state index >= 15 is 0 Å². The van der Waals surface area contributed by atoms with Crippen molar-refractivity contribution in [3.8, 4) is 0 Å². The predicted octanol–water partition coefficient (Wildman–Crippen LogP) is 2.62. The molecule has 3 nitrogen and oxygen atoms in total. The number of hydrogen-bond acceptors (Lipinski definition) is 3. The number of aliphatic hydroxyl groups is 1. The Hall–Kier alpha value is -0.900. The van der Waals surface area contributed by atoms with Gasteiger partial charge in [-0.15, -0.1) is 0 Å². The van der Waals surface area contributed by atoms with Gasteiger partial charge in [0.2, 0.25) is 0 Å². The van der Waals surface area contributed by atoms with Gasteiger partial charge in [-0.25, -0.2) is 0 Å². The van der Waals surface area contributed by atoms with Crippen LogP contribution in [0.25, 0.3) is 0 Å². The van der Waals surface area contributed by atoms with Crippen LogP contribution in [-0.4, -0.2) is 37.0 Å². The first-order valence-electron chi connectivity index (χ1n) is 7.52. The summed E-state index contributed by atoms with van der Waals surface area (Å²) in [7, 11) is 1.67. The highest BCUT2D eigenvalue weighted by Crippen LogP contribution is 2.38. The van der Waals surface area contributed by atoms with E-state index in [0.29, 0.717) is 31.5 Å². The van der Waals surface area contributed by atoms with Gasteiger partial charge in [-0.2, -0.15) is 0 Å². The first kappa shape index (κ1) is 15.5. The molecule has 1 aliphatic rings. The number of rotatable bonds is 7. The van der Waals surface area contributed by atoms with Crippen molar-refractivity contribution in [1.29, 1.82) is 0 Å². The average molecular weight is 277 g/mol. The van der Waals surface area contributed by atoms with Crippen molar-refractivity contribution in [3.05, 3.63) is 35.4 Å². The summed E-state index contributed by atoms with van der Waals surface area (Å²) in [6, 6.07) is 9.18. The Morgan fingerprint density at radius 2 is 2.05 bits per heavy atom. The lowest BCUT2D eigenvalue weighted by molar-refractivity contribution is 0.0197. The van der Waals surface area contributed by atoms with Crippen LogP contribution < -0.4 is 5.32 Å². The monoisotopic (exact) mass is 277 g/mol. The lowest BCUT2D eigenvalue weighted by Crippen LogP contribution is -2.47. The van der Waals surface area contributed by atoms with E-state index in [1.54, 1.807) is 7.11 Å². The number of ether oxygens (including phenoxy) is 1. The summed E-state index contributed by atoms with van der Waals surface area (Å²) in [5.41, 5.74) is 2.20. The summed E-state index contributed by atoms with van der Waals surface area (Å²) < 4.78 is 5.03. The van der Waals surface area contributed by atoms with Gasteiger partial charge in [0, 0.05) is 32.7 Å². The summed E-state index contributed by atoms with van der Waals surface area (Å²) >= 11 is 0. The minimum Gasteiger partial charge on any atom is -0.389 e. The molecule has 0 saturated heterocycles. The fourth-order valence-electron chi connectivity index (χ4n) is 2.86. The maximum atomic E-state index is 10.2. The summed E-state index contributed by atoms with van der Waals surface area (Å²) in [4.78, 5) is 0. The highest BCUT2D eigenvalue weighted by atomic mass is 16.5. The van der Waals surface area contributed by atoms with E-state index < -0.39 is 5.60 Å². The molecule has 1 saturated carbocycles. The number of nitrogens with one attached hydrogen (secondary N) is 1. The Balaban J connectivity index is 1.73. The third-order valence-electron chi connectivity index (χ3n) is 4.38. The van der Waals surface area contributed by atoms with Crippen molar-refractivity contribution < 1.29 is 9.84 Å². The summed E-state index contributed by atoms with van der Waals surface area (Å²) in [5.74, 6) is 0.678. The van der Waals surface area contributed by atoms with Crippen LogP contribution >= 0.6 is 0 Å². The minimum atomic E-state index is -0.677. The second-order valence-electron chi connectivity index (χ2n) is 6.34. The Kier molecular flexibility index (Phi) is 5.19. The number of aryl methyl sites for hydroxylation is 1. The van der Waals surface area contributed by atoms with Crippen LogP contribution in [0.3, 0.4) is 0 Å². The molecule has 1 aliphatic carbocycles. The first-order valence-corrected chi connectivity index (χ1v) is 7.52. The van der Waals surface area contributed by atoms with Gasteiger partial charge in [-0.3, -0.25) is 0 Å². The topological polar surface area (TPSA) is 41.5 Å². The predicted molar refractivity (Wildman–Crippen MR) is 82.1 cm³/mol. The zero-order valence-corrected chi connectivity index (χ0v) is 12.9. The molecule has 1 aromatic carbocycles. The van der Waals surface area contributed by atoms with Crippen molar-refractivity contribution in [3.63, 3.8) is 0 Å². The molecular formula is C17H27NO2. The van der Waals surface area contributed by atoms with Gasteiger partial charge in [-0.1, -0.05) is 24.3 Å².